The summed E-state index contributed by atoms with van der Waals surface area (Å²) in [4.78, 5) is 4.07. The van der Waals surface area contributed by atoms with Crippen LogP contribution in [0.15, 0.2) is 47.1 Å². The Morgan fingerprint density at radius 1 is 1.20 bits per heavy atom. The second-order valence-electron chi connectivity index (χ2n) is 2.86. The maximum atomic E-state index is 5.96. The number of para-hydroxylation sites is 1. The summed E-state index contributed by atoms with van der Waals surface area (Å²) in [5, 5.41) is 0.480. The Morgan fingerprint density at radius 2 is 1.93 bits per heavy atom. The van der Waals surface area contributed by atoms with Crippen LogP contribution in [0.5, 0.6) is 11.6 Å². The fourth-order valence-corrected chi connectivity index (χ4v) is 1.75. The Hall–Kier alpha value is -1.06. The molecule has 76 valence electrons. The monoisotopic (exact) mass is 283 g/mol. The Balaban J connectivity index is 2.25. The molecule has 0 amide bonds. The first-order valence-electron chi connectivity index (χ1n) is 4.29. The summed E-state index contributed by atoms with van der Waals surface area (Å²) < 4.78 is 6.33. The summed E-state index contributed by atoms with van der Waals surface area (Å²) in [7, 11) is 0. The number of hydrogen-bond donors (Lipinski definition) is 0. The van der Waals surface area contributed by atoms with Crippen LogP contribution in [-0.4, -0.2) is 4.98 Å². The number of ether oxygens (including phenoxy) is 1. The lowest BCUT2D eigenvalue weighted by Crippen LogP contribution is -1.88. The predicted molar refractivity (Wildman–Crippen MR) is 63.5 cm³/mol. The molecule has 1 aromatic heterocycles. The van der Waals surface area contributed by atoms with Gasteiger partial charge in [-0.1, -0.05) is 29.8 Å². The van der Waals surface area contributed by atoms with Crippen molar-refractivity contribution < 1.29 is 4.74 Å². The van der Waals surface area contributed by atoms with Crippen LogP contribution in [0.25, 0.3) is 0 Å². The van der Waals surface area contributed by atoms with Crippen LogP contribution < -0.4 is 4.74 Å². The molecule has 0 saturated carbocycles. The van der Waals surface area contributed by atoms with Gasteiger partial charge in [-0.15, -0.1) is 0 Å². The van der Waals surface area contributed by atoms with Gasteiger partial charge in [-0.2, -0.15) is 0 Å². The molecule has 0 aliphatic carbocycles. The van der Waals surface area contributed by atoms with Crippen molar-refractivity contribution in [2.75, 3.05) is 0 Å². The molecule has 0 spiro atoms. The highest BCUT2D eigenvalue weighted by atomic mass is 79.9. The lowest BCUT2D eigenvalue weighted by atomic mass is 10.3. The Bertz CT molecular complexity index is 461. The van der Waals surface area contributed by atoms with Crippen LogP contribution in [0.2, 0.25) is 5.02 Å². The second kappa shape index (κ2) is 4.64. The van der Waals surface area contributed by atoms with Crippen molar-refractivity contribution in [1.29, 1.82) is 0 Å². The first-order valence-corrected chi connectivity index (χ1v) is 5.47. The van der Waals surface area contributed by atoms with E-state index < -0.39 is 0 Å². The average Bonchev–Trinajstić information content (AvgIpc) is 2.24. The fourth-order valence-electron chi connectivity index (χ4n) is 1.08. The number of benzene rings is 1. The van der Waals surface area contributed by atoms with Crippen LogP contribution in [0, 0.1) is 0 Å². The number of pyridine rings is 1. The van der Waals surface area contributed by atoms with Crippen molar-refractivity contribution in [3.8, 4) is 11.6 Å². The van der Waals surface area contributed by atoms with Gasteiger partial charge < -0.3 is 4.74 Å². The molecule has 2 nitrogen and oxygen atoms in total. The SMILES string of the molecule is Clc1cc(Br)cnc1Oc1ccccc1. The number of nitrogens with zero attached hydrogens (tertiary/aromatic N) is 1. The van der Waals surface area contributed by atoms with E-state index in [1.807, 2.05) is 30.3 Å². The predicted octanol–water partition coefficient (Wildman–Crippen LogP) is 4.29. The van der Waals surface area contributed by atoms with Gasteiger partial charge in [0, 0.05) is 10.7 Å². The van der Waals surface area contributed by atoms with Gasteiger partial charge in [0.25, 0.3) is 0 Å². The van der Waals surface area contributed by atoms with Gasteiger partial charge in [-0.3, -0.25) is 0 Å². The molecule has 0 aliphatic heterocycles. The van der Waals surface area contributed by atoms with Gasteiger partial charge in [0.1, 0.15) is 10.8 Å². The lowest BCUT2D eigenvalue weighted by molar-refractivity contribution is 0.463. The number of halogens is 2. The van der Waals surface area contributed by atoms with Gasteiger partial charge in [0.05, 0.1) is 0 Å². The maximum absolute atomic E-state index is 5.96. The number of aromatic nitrogens is 1. The molecule has 0 atom stereocenters. The van der Waals surface area contributed by atoms with Gasteiger partial charge in [-0.05, 0) is 34.1 Å². The molecule has 0 unspecified atom stereocenters. The van der Waals surface area contributed by atoms with E-state index in [0.717, 1.165) is 4.47 Å². The van der Waals surface area contributed by atoms with Crippen molar-refractivity contribution in [3.63, 3.8) is 0 Å². The molecule has 2 rings (SSSR count). The highest BCUT2D eigenvalue weighted by Gasteiger charge is 2.04. The number of hydrogen-bond acceptors (Lipinski definition) is 2. The summed E-state index contributed by atoms with van der Waals surface area (Å²) in [6, 6.07) is 11.1. The van der Waals surface area contributed by atoms with Crippen LogP contribution in [0.4, 0.5) is 0 Å². The topological polar surface area (TPSA) is 22.1 Å². The third-order valence-electron chi connectivity index (χ3n) is 1.73. The first-order chi connectivity index (χ1) is 7.25. The quantitative estimate of drug-likeness (QED) is 0.821. The highest BCUT2D eigenvalue weighted by Crippen LogP contribution is 2.28. The second-order valence-corrected chi connectivity index (χ2v) is 4.18. The van der Waals surface area contributed by atoms with Gasteiger partial charge >= 0.3 is 0 Å². The fraction of sp³-hybridized carbons (Fsp3) is 0. The van der Waals surface area contributed by atoms with Crippen molar-refractivity contribution in [2.24, 2.45) is 0 Å². The van der Waals surface area contributed by atoms with E-state index in [9.17, 15) is 0 Å². The molecule has 4 heteroatoms. The van der Waals surface area contributed by atoms with Crippen molar-refractivity contribution in [3.05, 3.63) is 52.1 Å². The minimum absolute atomic E-state index is 0.408. The van der Waals surface area contributed by atoms with Crippen LogP contribution in [0.3, 0.4) is 0 Å². The summed E-state index contributed by atoms with van der Waals surface area (Å²) in [5.41, 5.74) is 0. The molecule has 0 aliphatic rings. The molecule has 0 bridgehead atoms. The molecule has 0 fully saturated rings. The molecule has 2 aromatic rings. The highest BCUT2D eigenvalue weighted by molar-refractivity contribution is 9.10. The van der Waals surface area contributed by atoms with E-state index >= 15 is 0 Å². The van der Waals surface area contributed by atoms with Crippen molar-refractivity contribution in [2.45, 2.75) is 0 Å². The molecular weight excluding hydrogens is 277 g/mol. The van der Waals surface area contributed by atoms with E-state index in [-0.39, 0.29) is 0 Å². The van der Waals surface area contributed by atoms with Crippen molar-refractivity contribution >= 4 is 27.5 Å². The zero-order valence-electron chi connectivity index (χ0n) is 7.65. The Labute approximate surface area is 101 Å². The summed E-state index contributed by atoms with van der Waals surface area (Å²) in [6.45, 7) is 0. The molecule has 0 N–H and O–H groups in total. The van der Waals surface area contributed by atoms with Gasteiger partial charge in [0.15, 0.2) is 0 Å². The lowest BCUT2D eigenvalue weighted by Gasteiger charge is -2.05. The van der Waals surface area contributed by atoms with Crippen molar-refractivity contribution in [1.82, 2.24) is 4.98 Å². The summed E-state index contributed by atoms with van der Waals surface area (Å²) in [5.74, 6) is 1.13. The van der Waals surface area contributed by atoms with Crippen LogP contribution in [0.1, 0.15) is 0 Å². The minimum atomic E-state index is 0.408. The first kappa shape index (κ1) is 10.5. The van der Waals surface area contributed by atoms with E-state index in [4.69, 9.17) is 16.3 Å². The average molecular weight is 285 g/mol. The van der Waals surface area contributed by atoms with E-state index in [1.54, 1.807) is 12.3 Å². The standard InChI is InChI=1S/C11H7BrClNO/c12-8-6-10(13)11(14-7-8)15-9-4-2-1-3-5-9/h1-7H. The van der Waals surface area contributed by atoms with E-state index in [2.05, 4.69) is 20.9 Å². The van der Waals surface area contributed by atoms with Crippen LogP contribution in [-0.2, 0) is 0 Å². The summed E-state index contributed by atoms with van der Waals surface area (Å²) >= 11 is 9.24. The smallest absolute Gasteiger partial charge is 0.238 e. The summed E-state index contributed by atoms with van der Waals surface area (Å²) in [6.07, 6.45) is 1.64. The Morgan fingerprint density at radius 3 is 2.60 bits per heavy atom. The van der Waals surface area contributed by atoms with Crippen LogP contribution >= 0.6 is 27.5 Å². The molecule has 15 heavy (non-hydrogen) atoms. The third-order valence-corrected chi connectivity index (χ3v) is 2.44. The normalized spacial score (nSPS) is 10.0. The van der Waals surface area contributed by atoms with E-state index in [1.165, 1.54) is 0 Å². The molecule has 1 heterocycles. The van der Waals surface area contributed by atoms with Gasteiger partial charge in [0.2, 0.25) is 5.88 Å². The Kier molecular flexibility index (Phi) is 3.23. The third kappa shape index (κ3) is 2.70. The maximum Gasteiger partial charge on any atom is 0.238 e. The van der Waals surface area contributed by atoms with E-state index in [0.29, 0.717) is 16.7 Å². The number of rotatable bonds is 2. The molecule has 0 saturated heterocycles. The zero-order chi connectivity index (χ0) is 10.7. The minimum Gasteiger partial charge on any atom is -0.438 e. The van der Waals surface area contributed by atoms with Gasteiger partial charge in [-0.25, -0.2) is 4.98 Å². The molecular formula is C11H7BrClNO. The largest absolute Gasteiger partial charge is 0.438 e. The molecule has 0 radical (unpaired) electrons. The molecule has 1 aromatic carbocycles. The zero-order valence-corrected chi connectivity index (χ0v) is 9.99.